The number of benzene rings is 1. The molecule has 0 radical (unpaired) electrons. The molecule has 0 aliphatic carbocycles. The summed E-state index contributed by atoms with van der Waals surface area (Å²) in [6, 6.07) is 7.58. The first kappa shape index (κ1) is 12.8. The van der Waals surface area contributed by atoms with Crippen LogP contribution in [-0.2, 0) is 7.05 Å². The first-order valence-corrected chi connectivity index (χ1v) is 6.46. The lowest BCUT2D eigenvalue weighted by Gasteiger charge is -2.08. The number of hydrogen-bond donors (Lipinski definition) is 0. The van der Waals surface area contributed by atoms with Crippen molar-refractivity contribution in [1.29, 1.82) is 0 Å². The lowest BCUT2D eigenvalue weighted by Crippen LogP contribution is -2.14. The second-order valence-corrected chi connectivity index (χ2v) is 5.38. The van der Waals surface area contributed by atoms with Crippen molar-refractivity contribution in [3.8, 4) is 0 Å². The molecule has 0 bridgehead atoms. The average Bonchev–Trinajstić information content (AvgIpc) is 2.75. The van der Waals surface area contributed by atoms with Gasteiger partial charge in [0, 0.05) is 12.6 Å². The number of thioether (sulfide) groups is 1. The van der Waals surface area contributed by atoms with Gasteiger partial charge in [0.25, 0.3) is 0 Å². The van der Waals surface area contributed by atoms with Crippen LogP contribution in [0.15, 0.2) is 29.4 Å². The summed E-state index contributed by atoms with van der Waals surface area (Å²) in [6.07, 6.45) is 0. The minimum atomic E-state index is -0.211. The van der Waals surface area contributed by atoms with Crippen LogP contribution in [0.4, 0.5) is 0 Å². The van der Waals surface area contributed by atoms with Crippen LogP contribution in [0.5, 0.6) is 0 Å². The van der Waals surface area contributed by atoms with Crippen LogP contribution >= 0.6 is 11.8 Å². The first-order valence-electron chi connectivity index (χ1n) is 5.58. The molecule has 1 aromatic carbocycles. The maximum absolute atomic E-state index is 12.2. The molecular weight excluding hydrogens is 248 g/mol. The van der Waals surface area contributed by atoms with Gasteiger partial charge in [0.1, 0.15) is 0 Å². The molecule has 0 amide bonds. The largest absolute Gasteiger partial charge is 0.293 e. The molecule has 0 saturated heterocycles. The molecular formula is C12H14N4OS. The zero-order valence-electron chi connectivity index (χ0n) is 10.5. The van der Waals surface area contributed by atoms with Crippen molar-refractivity contribution in [3.05, 3.63) is 35.4 Å². The number of tetrazole rings is 1. The zero-order valence-corrected chi connectivity index (χ0v) is 11.3. The van der Waals surface area contributed by atoms with E-state index in [2.05, 4.69) is 15.5 Å². The standard InChI is InChI=1S/C12H14N4OS/c1-8-4-6-10(7-5-8)11(17)9(2)18-12-13-14-15-16(12)3/h4-7,9H,1-3H3/t9-/m0/s1. The van der Waals surface area contributed by atoms with E-state index < -0.39 is 0 Å². The molecule has 0 aliphatic heterocycles. The Balaban J connectivity index is 2.09. The van der Waals surface area contributed by atoms with Gasteiger partial charge in [0.05, 0.1) is 5.25 Å². The molecule has 2 rings (SSSR count). The number of nitrogens with zero attached hydrogens (tertiary/aromatic N) is 4. The SMILES string of the molecule is Cc1ccc(C(=O)[C@H](C)Sc2nnnn2C)cc1. The Morgan fingerprint density at radius 1 is 1.33 bits per heavy atom. The van der Waals surface area contributed by atoms with Crippen LogP contribution in [0.3, 0.4) is 0 Å². The number of carbonyl (C=O) groups is 1. The number of aromatic nitrogens is 4. The van der Waals surface area contributed by atoms with Crippen LogP contribution < -0.4 is 0 Å². The molecule has 5 nitrogen and oxygen atoms in total. The summed E-state index contributed by atoms with van der Waals surface area (Å²) in [4.78, 5) is 12.2. The van der Waals surface area contributed by atoms with Gasteiger partial charge in [-0.25, -0.2) is 4.68 Å². The Bertz CT molecular complexity index is 549. The Morgan fingerprint density at radius 2 is 2.00 bits per heavy atom. The minimum Gasteiger partial charge on any atom is -0.293 e. The molecule has 0 spiro atoms. The van der Waals surface area contributed by atoms with Gasteiger partial charge in [-0.3, -0.25) is 4.79 Å². The Kier molecular flexibility index (Phi) is 3.76. The number of ketones is 1. The normalized spacial score (nSPS) is 12.4. The maximum Gasteiger partial charge on any atom is 0.209 e. The van der Waals surface area contributed by atoms with Crippen molar-refractivity contribution in [1.82, 2.24) is 20.2 Å². The fourth-order valence-corrected chi connectivity index (χ4v) is 2.32. The quantitative estimate of drug-likeness (QED) is 0.622. The lowest BCUT2D eigenvalue weighted by molar-refractivity contribution is 0.0994. The number of carbonyl (C=O) groups excluding carboxylic acids is 1. The van der Waals surface area contributed by atoms with E-state index in [-0.39, 0.29) is 11.0 Å². The minimum absolute atomic E-state index is 0.0861. The highest BCUT2D eigenvalue weighted by atomic mass is 32.2. The molecule has 6 heteroatoms. The number of Topliss-reactive ketones (excluding diaryl/α,β-unsaturated/α-hetero) is 1. The predicted molar refractivity (Wildman–Crippen MR) is 69.6 cm³/mol. The van der Waals surface area contributed by atoms with Crippen LogP contribution in [0, 0.1) is 6.92 Å². The lowest BCUT2D eigenvalue weighted by atomic mass is 10.1. The number of rotatable bonds is 4. The molecule has 1 aromatic heterocycles. The highest BCUT2D eigenvalue weighted by molar-refractivity contribution is 8.00. The van der Waals surface area contributed by atoms with Crippen LogP contribution in [0.2, 0.25) is 0 Å². The van der Waals surface area contributed by atoms with Gasteiger partial charge >= 0.3 is 0 Å². The Hall–Kier alpha value is -1.69. The highest BCUT2D eigenvalue weighted by Crippen LogP contribution is 2.22. The van der Waals surface area contributed by atoms with Crippen molar-refractivity contribution < 1.29 is 4.79 Å². The molecule has 0 saturated carbocycles. The van der Waals surface area contributed by atoms with E-state index in [0.717, 1.165) is 11.1 Å². The molecule has 1 atom stereocenters. The molecule has 0 N–H and O–H groups in total. The van der Waals surface area contributed by atoms with Gasteiger partial charge in [-0.1, -0.05) is 41.6 Å². The van der Waals surface area contributed by atoms with Crippen molar-refractivity contribution in [3.63, 3.8) is 0 Å². The zero-order chi connectivity index (χ0) is 13.1. The van der Waals surface area contributed by atoms with Gasteiger partial charge in [-0.05, 0) is 24.3 Å². The monoisotopic (exact) mass is 262 g/mol. The van der Waals surface area contributed by atoms with Crippen molar-refractivity contribution >= 4 is 17.5 Å². The molecule has 1 heterocycles. The summed E-state index contributed by atoms with van der Waals surface area (Å²) in [5.41, 5.74) is 1.86. The van der Waals surface area contributed by atoms with E-state index >= 15 is 0 Å². The van der Waals surface area contributed by atoms with Crippen molar-refractivity contribution in [2.45, 2.75) is 24.3 Å². The Morgan fingerprint density at radius 3 is 2.56 bits per heavy atom. The molecule has 2 aromatic rings. The summed E-state index contributed by atoms with van der Waals surface area (Å²) < 4.78 is 1.56. The van der Waals surface area contributed by atoms with E-state index in [1.807, 2.05) is 38.1 Å². The van der Waals surface area contributed by atoms with Crippen molar-refractivity contribution in [2.24, 2.45) is 7.05 Å². The number of aryl methyl sites for hydroxylation is 2. The van der Waals surface area contributed by atoms with Crippen LogP contribution in [0.25, 0.3) is 0 Å². The molecule has 0 fully saturated rings. The van der Waals surface area contributed by atoms with Crippen LogP contribution in [-0.4, -0.2) is 31.2 Å². The van der Waals surface area contributed by atoms with E-state index in [9.17, 15) is 4.79 Å². The topological polar surface area (TPSA) is 60.7 Å². The number of hydrogen-bond acceptors (Lipinski definition) is 5. The fraction of sp³-hybridized carbons (Fsp3) is 0.333. The third kappa shape index (κ3) is 2.76. The fourth-order valence-electron chi connectivity index (χ4n) is 1.49. The van der Waals surface area contributed by atoms with E-state index in [1.165, 1.54) is 11.8 Å². The molecule has 0 aliphatic rings. The van der Waals surface area contributed by atoms with Gasteiger partial charge in [-0.2, -0.15) is 0 Å². The molecule has 18 heavy (non-hydrogen) atoms. The van der Waals surface area contributed by atoms with E-state index in [4.69, 9.17) is 0 Å². The molecule has 0 unspecified atom stereocenters. The van der Waals surface area contributed by atoms with Gasteiger partial charge in [-0.15, -0.1) is 5.10 Å². The predicted octanol–water partition coefficient (Wildman–Crippen LogP) is 1.88. The first-order chi connectivity index (χ1) is 8.58. The van der Waals surface area contributed by atoms with E-state index in [1.54, 1.807) is 11.7 Å². The smallest absolute Gasteiger partial charge is 0.209 e. The molecule has 94 valence electrons. The second kappa shape index (κ2) is 5.30. The average molecular weight is 262 g/mol. The summed E-state index contributed by atoms with van der Waals surface area (Å²) in [5, 5.41) is 11.6. The summed E-state index contributed by atoms with van der Waals surface area (Å²) in [6.45, 7) is 3.86. The second-order valence-electron chi connectivity index (χ2n) is 4.08. The third-order valence-electron chi connectivity index (χ3n) is 2.57. The maximum atomic E-state index is 12.2. The summed E-state index contributed by atoms with van der Waals surface area (Å²) in [7, 11) is 1.76. The Labute approximate surface area is 110 Å². The van der Waals surface area contributed by atoms with E-state index in [0.29, 0.717) is 5.16 Å². The van der Waals surface area contributed by atoms with Crippen molar-refractivity contribution in [2.75, 3.05) is 0 Å². The summed E-state index contributed by atoms with van der Waals surface area (Å²) >= 11 is 1.36. The summed E-state index contributed by atoms with van der Waals surface area (Å²) in [5.74, 6) is 0.0861. The third-order valence-corrected chi connectivity index (χ3v) is 3.69. The van der Waals surface area contributed by atoms with Gasteiger partial charge < -0.3 is 0 Å². The van der Waals surface area contributed by atoms with Gasteiger partial charge in [0.15, 0.2) is 5.78 Å². The van der Waals surface area contributed by atoms with Crippen LogP contribution in [0.1, 0.15) is 22.8 Å². The van der Waals surface area contributed by atoms with Gasteiger partial charge in [0.2, 0.25) is 5.16 Å². The highest BCUT2D eigenvalue weighted by Gasteiger charge is 2.18.